The van der Waals surface area contributed by atoms with Crippen molar-refractivity contribution in [2.75, 3.05) is 19.0 Å². The molecule has 0 aromatic carbocycles. The smallest absolute Gasteiger partial charge is 0.176 e. The highest BCUT2D eigenvalue weighted by atomic mass is 32.2. The summed E-state index contributed by atoms with van der Waals surface area (Å²) >= 11 is 1.37. The second-order valence-electron chi connectivity index (χ2n) is 2.84. The molecule has 0 N–H and O–H groups in total. The Balaban J connectivity index is 2.53. The lowest BCUT2D eigenvalue weighted by atomic mass is 10.3. The number of thioether (sulfide) groups is 1. The molecule has 1 rings (SSSR count). The maximum absolute atomic E-state index is 13.6. The number of rotatable bonds is 6. The highest BCUT2D eigenvalue weighted by Crippen LogP contribution is 2.20. The van der Waals surface area contributed by atoms with Gasteiger partial charge in [-0.3, -0.25) is 0 Å². The molecule has 0 saturated heterocycles. The van der Waals surface area contributed by atoms with Crippen LogP contribution in [-0.4, -0.2) is 28.9 Å². The molecule has 1 aromatic heterocycles. The minimum absolute atomic E-state index is 0.290. The van der Waals surface area contributed by atoms with E-state index in [0.29, 0.717) is 36.1 Å². The maximum atomic E-state index is 13.6. The van der Waals surface area contributed by atoms with Crippen LogP contribution < -0.4 is 0 Å². The van der Waals surface area contributed by atoms with Gasteiger partial charge in [0.05, 0.1) is 12.3 Å². The molecule has 5 heteroatoms. The van der Waals surface area contributed by atoms with Gasteiger partial charge in [-0.1, -0.05) is 6.92 Å². The monoisotopic (exact) mass is 230 g/mol. The van der Waals surface area contributed by atoms with Gasteiger partial charge in [-0.15, -0.1) is 11.8 Å². The lowest BCUT2D eigenvalue weighted by Gasteiger charge is -2.04. The van der Waals surface area contributed by atoms with Gasteiger partial charge in [0.1, 0.15) is 11.4 Å². The van der Waals surface area contributed by atoms with Crippen LogP contribution in [0.4, 0.5) is 4.39 Å². The number of aryl methyl sites for hydroxylation is 1. The molecule has 0 aliphatic heterocycles. The summed E-state index contributed by atoms with van der Waals surface area (Å²) in [6.45, 7) is 5.12. The van der Waals surface area contributed by atoms with Gasteiger partial charge in [0.15, 0.2) is 5.82 Å². The Morgan fingerprint density at radius 1 is 1.40 bits per heavy atom. The minimum atomic E-state index is -0.290. The SMILES string of the molecule is CCOCCSc1ncnc(CC)c1F. The van der Waals surface area contributed by atoms with Crippen LogP contribution in [-0.2, 0) is 11.2 Å². The van der Waals surface area contributed by atoms with Crippen molar-refractivity contribution >= 4 is 11.8 Å². The van der Waals surface area contributed by atoms with E-state index in [1.54, 1.807) is 0 Å². The standard InChI is InChI=1S/C10H15FN2OS/c1-3-8-9(11)10(13-7-12-8)15-6-5-14-4-2/h7H,3-6H2,1-2H3. The predicted octanol–water partition coefficient (Wildman–Crippen LogP) is 2.31. The van der Waals surface area contributed by atoms with Crippen LogP contribution >= 0.6 is 11.8 Å². The summed E-state index contributed by atoms with van der Waals surface area (Å²) in [4.78, 5) is 7.78. The first-order valence-corrected chi connectivity index (χ1v) is 5.98. The summed E-state index contributed by atoms with van der Waals surface area (Å²) in [5.41, 5.74) is 0.476. The number of hydrogen-bond donors (Lipinski definition) is 0. The molecule has 15 heavy (non-hydrogen) atoms. The Hall–Kier alpha value is -0.680. The summed E-state index contributed by atoms with van der Waals surface area (Å²) in [5.74, 6) is 0.423. The Labute approximate surface area is 93.5 Å². The molecule has 0 fully saturated rings. The summed E-state index contributed by atoms with van der Waals surface area (Å²) in [7, 11) is 0. The van der Waals surface area contributed by atoms with Gasteiger partial charge in [0.25, 0.3) is 0 Å². The second kappa shape index (κ2) is 6.74. The van der Waals surface area contributed by atoms with Crippen LogP contribution in [0.15, 0.2) is 11.4 Å². The van der Waals surface area contributed by atoms with Crippen molar-refractivity contribution in [1.82, 2.24) is 9.97 Å². The number of halogens is 1. The van der Waals surface area contributed by atoms with Crippen LogP contribution in [0, 0.1) is 5.82 Å². The van der Waals surface area contributed by atoms with E-state index in [1.807, 2.05) is 13.8 Å². The fraction of sp³-hybridized carbons (Fsp3) is 0.600. The molecule has 0 aliphatic rings. The predicted molar refractivity (Wildman–Crippen MR) is 58.6 cm³/mol. The molecule has 0 aliphatic carbocycles. The molecule has 0 radical (unpaired) electrons. The van der Waals surface area contributed by atoms with Crippen molar-refractivity contribution in [3.05, 3.63) is 17.8 Å². The molecule has 0 atom stereocenters. The normalized spacial score (nSPS) is 10.6. The quantitative estimate of drug-likeness (QED) is 0.427. The fourth-order valence-corrected chi connectivity index (χ4v) is 1.84. The fourth-order valence-electron chi connectivity index (χ4n) is 1.08. The van der Waals surface area contributed by atoms with Gasteiger partial charge in [0.2, 0.25) is 0 Å². The molecule has 3 nitrogen and oxygen atoms in total. The molecule has 0 amide bonds. The van der Waals surface area contributed by atoms with Crippen LogP contribution in [0.2, 0.25) is 0 Å². The van der Waals surface area contributed by atoms with E-state index >= 15 is 0 Å². The van der Waals surface area contributed by atoms with Crippen LogP contribution in [0.25, 0.3) is 0 Å². The van der Waals surface area contributed by atoms with E-state index in [4.69, 9.17) is 4.74 Å². The van der Waals surface area contributed by atoms with Crippen LogP contribution in [0.5, 0.6) is 0 Å². The van der Waals surface area contributed by atoms with E-state index in [-0.39, 0.29) is 5.82 Å². The second-order valence-corrected chi connectivity index (χ2v) is 3.92. The van der Waals surface area contributed by atoms with E-state index < -0.39 is 0 Å². The van der Waals surface area contributed by atoms with E-state index in [9.17, 15) is 4.39 Å². The average Bonchev–Trinajstić information content (AvgIpc) is 2.26. The number of hydrogen-bond acceptors (Lipinski definition) is 4. The number of nitrogens with zero attached hydrogens (tertiary/aromatic N) is 2. The zero-order valence-electron chi connectivity index (χ0n) is 8.99. The van der Waals surface area contributed by atoms with Crippen LogP contribution in [0.1, 0.15) is 19.5 Å². The van der Waals surface area contributed by atoms with E-state index in [2.05, 4.69) is 9.97 Å². The van der Waals surface area contributed by atoms with Crippen molar-refractivity contribution in [1.29, 1.82) is 0 Å². The Morgan fingerprint density at radius 2 is 2.20 bits per heavy atom. The molecular weight excluding hydrogens is 215 g/mol. The third kappa shape index (κ3) is 3.76. The third-order valence-electron chi connectivity index (χ3n) is 1.84. The van der Waals surface area contributed by atoms with E-state index in [0.717, 1.165) is 0 Å². The van der Waals surface area contributed by atoms with Crippen molar-refractivity contribution < 1.29 is 9.13 Å². The lowest BCUT2D eigenvalue weighted by Crippen LogP contribution is -2.01. The first kappa shape index (κ1) is 12.4. The third-order valence-corrected chi connectivity index (χ3v) is 2.76. The molecule has 84 valence electrons. The Bertz CT molecular complexity index is 309. The summed E-state index contributed by atoms with van der Waals surface area (Å²) in [6, 6.07) is 0. The molecule has 1 heterocycles. The van der Waals surface area contributed by atoms with Gasteiger partial charge in [-0.05, 0) is 13.3 Å². The van der Waals surface area contributed by atoms with Crippen molar-refractivity contribution in [2.24, 2.45) is 0 Å². The Kier molecular flexibility index (Phi) is 5.57. The summed E-state index contributed by atoms with van der Waals surface area (Å²) in [6.07, 6.45) is 2.00. The van der Waals surface area contributed by atoms with Gasteiger partial charge in [-0.25, -0.2) is 14.4 Å². The Morgan fingerprint density at radius 3 is 2.87 bits per heavy atom. The highest BCUT2D eigenvalue weighted by Gasteiger charge is 2.09. The largest absolute Gasteiger partial charge is 0.381 e. The molecule has 1 aromatic rings. The first-order valence-electron chi connectivity index (χ1n) is 4.99. The summed E-state index contributed by atoms with van der Waals surface area (Å²) < 4.78 is 18.8. The van der Waals surface area contributed by atoms with Gasteiger partial charge < -0.3 is 4.74 Å². The topological polar surface area (TPSA) is 35.0 Å². The average molecular weight is 230 g/mol. The molecule has 0 spiro atoms. The number of aromatic nitrogens is 2. The molecular formula is C10H15FN2OS. The van der Waals surface area contributed by atoms with Gasteiger partial charge >= 0.3 is 0 Å². The highest BCUT2D eigenvalue weighted by molar-refractivity contribution is 7.99. The zero-order chi connectivity index (χ0) is 11.1. The summed E-state index contributed by atoms with van der Waals surface area (Å²) in [5, 5.41) is 0.418. The maximum Gasteiger partial charge on any atom is 0.176 e. The van der Waals surface area contributed by atoms with E-state index in [1.165, 1.54) is 18.1 Å². The number of ether oxygens (including phenoxy) is 1. The first-order chi connectivity index (χ1) is 7.29. The molecule has 0 unspecified atom stereocenters. The van der Waals surface area contributed by atoms with Gasteiger partial charge in [0, 0.05) is 12.4 Å². The van der Waals surface area contributed by atoms with Crippen LogP contribution in [0.3, 0.4) is 0 Å². The molecule has 0 saturated carbocycles. The van der Waals surface area contributed by atoms with Crippen molar-refractivity contribution in [2.45, 2.75) is 25.3 Å². The van der Waals surface area contributed by atoms with Gasteiger partial charge in [-0.2, -0.15) is 0 Å². The molecule has 0 bridgehead atoms. The lowest BCUT2D eigenvalue weighted by molar-refractivity contribution is 0.164. The zero-order valence-corrected chi connectivity index (χ0v) is 9.81. The minimum Gasteiger partial charge on any atom is -0.381 e. The van der Waals surface area contributed by atoms with Crippen molar-refractivity contribution in [3.63, 3.8) is 0 Å². The van der Waals surface area contributed by atoms with Crippen molar-refractivity contribution in [3.8, 4) is 0 Å².